The average Bonchev–Trinajstić information content (AvgIpc) is 3.10. The predicted molar refractivity (Wildman–Crippen MR) is 131 cm³/mol. The molecule has 4 rings (SSSR count). The normalized spacial score (nSPS) is 15.1. The Morgan fingerprint density at radius 3 is 2.58 bits per heavy atom. The largest absolute Gasteiger partial charge is 0.394 e. The highest BCUT2D eigenvalue weighted by Crippen LogP contribution is 2.22. The molecular weight excluding hydrogens is 414 g/mol. The molecule has 0 bridgehead atoms. The molecule has 33 heavy (non-hydrogen) atoms. The summed E-state index contributed by atoms with van der Waals surface area (Å²) in [6.45, 7) is 5.26. The van der Waals surface area contributed by atoms with Gasteiger partial charge in [-0.3, -0.25) is 9.78 Å². The number of hydrogen-bond acceptors (Lipinski definition) is 6. The van der Waals surface area contributed by atoms with Gasteiger partial charge >= 0.3 is 0 Å². The first-order valence-electron chi connectivity index (χ1n) is 11.5. The van der Waals surface area contributed by atoms with E-state index < -0.39 is 0 Å². The maximum atomic E-state index is 13.2. The minimum atomic E-state index is -0.359. The molecule has 1 aliphatic rings. The summed E-state index contributed by atoms with van der Waals surface area (Å²) in [6.07, 6.45) is 5.12. The van der Waals surface area contributed by atoms with E-state index >= 15 is 0 Å². The van der Waals surface area contributed by atoms with E-state index in [1.165, 1.54) is 5.69 Å². The zero-order valence-corrected chi connectivity index (χ0v) is 19.0. The maximum Gasteiger partial charge on any atom is 0.255 e. The van der Waals surface area contributed by atoms with Crippen molar-refractivity contribution in [3.63, 3.8) is 0 Å². The minimum absolute atomic E-state index is 0.125. The molecule has 7 heteroatoms. The van der Waals surface area contributed by atoms with Crippen molar-refractivity contribution in [3.05, 3.63) is 83.8 Å². The molecule has 1 fully saturated rings. The molecule has 1 atom stereocenters. The summed E-state index contributed by atoms with van der Waals surface area (Å²) < 4.78 is 0. The molecule has 1 aliphatic heterocycles. The maximum absolute atomic E-state index is 13.2. The van der Waals surface area contributed by atoms with Gasteiger partial charge in [-0.15, -0.1) is 0 Å². The summed E-state index contributed by atoms with van der Waals surface area (Å²) in [5, 5.41) is 12.8. The van der Waals surface area contributed by atoms with Crippen molar-refractivity contribution in [2.24, 2.45) is 0 Å². The number of aliphatic hydroxyl groups excluding tert-OH is 1. The molecule has 0 radical (unpaired) electrons. The van der Waals surface area contributed by atoms with E-state index in [2.05, 4.69) is 31.2 Å². The number of amides is 1. The number of nitrogens with one attached hydrogen (secondary N) is 1. The smallest absolute Gasteiger partial charge is 0.255 e. The monoisotopic (exact) mass is 445 g/mol. The van der Waals surface area contributed by atoms with Crippen LogP contribution in [0.2, 0.25) is 0 Å². The number of pyridine rings is 2. The van der Waals surface area contributed by atoms with Gasteiger partial charge in [0.1, 0.15) is 5.82 Å². The summed E-state index contributed by atoms with van der Waals surface area (Å²) in [7, 11) is 0. The highest BCUT2D eigenvalue weighted by Gasteiger charge is 2.23. The lowest BCUT2D eigenvalue weighted by Crippen LogP contribution is -2.40. The predicted octanol–water partition coefficient (Wildman–Crippen LogP) is 2.84. The van der Waals surface area contributed by atoms with Crippen molar-refractivity contribution in [3.8, 4) is 0 Å². The summed E-state index contributed by atoms with van der Waals surface area (Å²) in [5.41, 5.74) is 3.79. The average molecular weight is 446 g/mol. The molecule has 1 amide bonds. The molecule has 2 aromatic heterocycles. The Morgan fingerprint density at radius 1 is 1.00 bits per heavy atom. The Bertz CT molecular complexity index is 1060. The first-order valence-corrected chi connectivity index (χ1v) is 11.5. The van der Waals surface area contributed by atoms with Crippen molar-refractivity contribution >= 4 is 17.4 Å². The van der Waals surface area contributed by atoms with Crippen LogP contribution in [-0.2, 0) is 6.42 Å². The van der Waals surface area contributed by atoms with Crippen LogP contribution in [0.5, 0.6) is 0 Å². The van der Waals surface area contributed by atoms with Crippen LogP contribution in [0.25, 0.3) is 0 Å². The van der Waals surface area contributed by atoms with Crippen LogP contribution in [0.3, 0.4) is 0 Å². The van der Waals surface area contributed by atoms with Crippen LogP contribution in [0.4, 0.5) is 11.5 Å². The van der Waals surface area contributed by atoms with E-state index in [0.717, 1.165) is 43.9 Å². The summed E-state index contributed by atoms with van der Waals surface area (Å²) in [5.74, 6) is 0.484. The Balaban J connectivity index is 1.46. The third-order valence-corrected chi connectivity index (χ3v) is 5.95. The van der Waals surface area contributed by atoms with Gasteiger partial charge in [0.25, 0.3) is 5.91 Å². The summed E-state index contributed by atoms with van der Waals surface area (Å²) >= 11 is 0. The van der Waals surface area contributed by atoms with E-state index in [0.29, 0.717) is 17.8 Å². The van der Waals surface area contributed by atoms with E-state index in [1.54, 1.807) is 12.3 Å². The van der Waals surface area contributed by atoms with Gasteiger partial charge in [-0.05, 0) is 49.6 Å². The number of nitrogens with zero attached hydrogens (tertiary/aromatic N) is 4. The molecular formula is C26H31N5O2. The van der Waals surface area contributed by atoms with Crippen LogP contribution >= 0.6 is 0 Å². The van der Waals surface area contributed by atoms with Crippen LogP contribution in [0, 0.1) is 6.92 Å². The first-order chi connectivity index (χ1) is 16.1. The van der Waals surface area contributed by atoms with Gasteiger partial charge in [-0.1, -0.05) is 30.3 Å². The lowest BCUT2D eigenvalue weighted by atomic mass is 10.1. The number of rotatable bonds is 7. The molecule has 2 N–H and O–H groups in total. The van der Waals surface area contributed by atoms with Gasteiger partial charge in [0.2, 0.25) is 0 Å². The quantitative estimate of drug-likeness (QED) is 0.582. The van der Waals surface area contributed by atoms with Gasteiger partial charge < -0.3 is 20.2 Å². The number of aryl methyl sites for hydroxylation is 1. The number of carbonyl (C=O) groups excluding carboxylic acids is 1. The first kappa shape index (κ1) is 22.7. The zero-order valence-electron chi connectivity index (χ0n) is 19.0. The molecule has 3 heterocycles. The van der Waals surface area contributed by atoms with E-state index in [4.69, 9.17) is 0 Å². The van der Waals surface area contributed by atoms with E-state index in [-0.39, 0.29) is 18.6 Å². The van der Waals surface area contributed by atoms with Crippen LogP contribution in [0.1, 0.15) is 28.0 Å². The zero-order chi connectivity index (χ0) is 23.0. The molecule has 1 aromatic carbocycles. The van der Waals surface area contributed by atoms with Crippen molar-refractivity contribution in [2.75, 3.05) is 42.6 Å². The molecule has 1 saturated heterocycles. The van der Waals surface area contributed by atoms with E-state index in [1.807, 2.05) is 55.6 Å². The van der Waals surface area contributed by atoms with Crippen molar-refractivity contribution in [1.29, 1.82) is 0 Å². The summed E-state index contributed by atoms with van der Waals surface area (Å²) in [6, 6.07) is 17.3. The molecule has 0 saturated carbocycles. The fraction of sp³-hybridized carbons (Fsp3) is 0.346. The van der Waals surface area contributed by atoms with Gasteiger partial charge in [-0.25, -0.2) is 4.98 Å². The van der Waals surface area contributed by atoms with Gasteiger partial charge in [0.05, 0.1) is 18.2 Å². The molecule has 7 nitrogen and oxygen atoms in total. The molecule has 0 aliphatic carbocycles. The molecule has 172 valence electrons. The SMILES string of the molecule is Cc1cc(N2CCCN(c3ncccc3C(=O)NC(CO)Cc3ccccc3)CC2)ccn1. The second kappa shape index (κ2) is 10.9. The van der Waals surface area contributed by atoms with Crippen LogP contribution in [0.15, 0.2) is 67.0 Å². The Kier molecular flexibility index (Phi) is 7.52. The van der Waals surface area contributed by atoms with Gasteiger partial charge in [-0.2, -0.15) is 0 Å². The van der Waals surface area contributed by atoms with Gasteiger partial charge in [0, 0.05) is 50.0 Å². The van der Waals surface area contributed by atoms with Crippen LogP contribution in [-0.4, -0.2) is 59.8 Å². The second-order valence-electron chi connectivity index (χ2n) is 8.40. The minimum Gasteiger partial charge on any atom is -0.394 e. The fourth-order valence-electron chi connectivity index (χ4n) is 4.26. The third kappa shape index (κ3) is 5.87. The Hall–Kier alpha value is -3.45. The second-order valence-corrected chi connectivity index (χ2v) is 8.40. The van der Waals surface area contributed by atoms with E-state index in [9.17, 15) is 9.90 Å². The van der Waals surface area contributed by atoms with Crippen molar-refractivity contribution in [2.45, 2.75) is 25.8 Å². The number of benzene rings is 1. The topological polar surface area (TPSA) is 81.6 Å². The third-order valence-electron chi connectivity index (χ3n) is 5.95. The standard InChI is InChI=1S/C26H31N5O2/c1-20-17-23(10-12-27-20)30-13-6-14-31(16-15-30)25-24(9-5-11-28-25)26(33)29-22(19-32)18-21-7-3-2-4-8-21/h2-5,7-12,17,22,32H,6,13-16,18-19H2,1H3,(H,29,33). The molecule has 0 spiro atoms. The summed E-state index contributed by atoms with van der Waals surface area (Å²) in [4.78, 5) is 26.6. The highest BCUT2D eigenvalue weighted by atomic mass is 16.3. The number of aliphatic hydroxyl groups is 1. The lowest BCUT2D eigenvalue weighted by Gasteiger charge is -2.26. The fourth-order valence-corrected chi connectivity index (χ4v) is 4.26. The number of aromatic nitrogens is 2. The number of hydrogen-bond donors (Lipinski definition) is 2. The lowest BCUT2D eigenvalue weighted by molar-refractivity contribution is 0.0916. The number of anilines is 2. The van der Waals surface area contributed by atoms with Crippen molar-refractivity contribution < 1.29 is 9.90 Å². The molecule has 1 unspecified atom stereocenters. The Morgan fingerprint density at radius 2 is 1.79 bits per heavy atom. The van der Waals surface area contributed by atoms with Crippen LogP contribution < -0.4 is 15.1 Å². The highest BCUT2D eigenvalue weighted by molar-refractivity contribution is 5.99. The number of carbonyl (C=O) groups is 1. The van der Waals surface area contributed by atoms with Crippen molar-refractivity contribution in [1.82, 2.24) is 15.3 Å². The Labute approximate surface area is 195 Å². The van der Waals surface area contributed by atoms with Gasteiger partial charge in [0.15, 0.2) is 0 Å². The molecule has 3 aromatic rings.